The molecule has 1 aromatic carbocycles. The molecule has 3 heterocycles. The number of aryl methyl sites for hydroxylation is 2. The van der Waals surface area contributed by atoms with Crippen molar-refractivity contribution in [3.63, 3.8) is 0 Å². The highest BCUT2D eigenvalue weighted by molar-refractivity contribution is 5.90. The maximum Gasteiger partial charge on any atom is 0.163 e. The van der Waals surface area contributed by atoms with E-state index in [9.17, 15) is 0 Å². The second-order valence-electron chi connectivity index (χ2n) is 5.98. The lowest BCUT2D eigenvalue weighted by Crippen LogP contribution is -1.97. The van der Waals surface area contributed by atoms with Crippen molar-refractivity contribution in [1.82, 2.24) is 24.7 Å². The minimum atomic E-state index is 0.775. The summed E-state index contributed by atoms with van der Waals surface area (Å²) in [6.45, 7) is 1.97. The van der Waals surface area contributed by atoms with E-state index in [0.29, 0.717) is 0 Å². The number of hydrogen-bond acceptors (Lipinski definition) is 5. The van der Waals surface area contributed by atoms with Crippen LogP contribution in [0.4, 0.5) is 11.5 Å². The van der Waals surface area contributed by atoms with Crippen LogP contribution in [0, 0.1) is 6.92 Å². The Labute approximate surface area is 145 Å². The zero-order valence-corrected chi connectivity index (χ0v) is 14.1. The fourth-order valence-corrected chi connectivity index (χ4v) is 2.95. The van der Waals surface area contributed by atoms with Gasteiger partial charge in [-0.15, -0.1) is 0 Å². The molecule has 6 nitrogen and oxygen atoms in total. The summed E-state index contributed by atoms with van der Waals surface area (Å²) in [5, 5.41) is 8.75. The largest absolute Gasteiger partial charge is 0.340 e. The molecule has 0 aliphatic rings. The monoisotopic (exact) mass is 330 g/mol. The number of pyridine rings is 1. The second kappa shape index (κ2) is 6.32. The predicted molar refractivity (Wildman–Crippen MR) is 97.8 cm³/mol. The first-order valence-corrected chi connectivity index (χ1v) is 8.10. The molecule has 0 fully saturated rings. The number of fused-ring (bicyclic) bond motifs is 1. The van der Waals surface area contributed by atoms with Crippen molar-refractivity contribution in [3.8, 4) is 0 Å². The van der Waals surface area contributed by atoms with Crippen molar-refractivity contribution in [3.05, 3.63) is 71.9 Å². The number of rotatable bonds is 4. The fourth-order valence-electron chi connectivity index (χ4n) is 2.95. The van der Waals surface area contributed by atoms with Gasteiger partial charge in [0.25, 0.3) is 0 Å². The van der Waals surface area contributed by atoms with Gasteiger partial charge in [-0.1, -0.05) is 12.1 Å². The standard InChI is InChI=1S/C19H18N6/c1-13-17-18(21-12-22-19(17)25(2)24-13)23-16-5-3-14(4-6-16)11-15-7-9-20-10-8-15/h3-10,12H,11H2,1-2H3,(H,21,22,23). The molecule has 0 spiro atoms. The Morgan fingerprint density at radius 2 is 1.68 bits per heavy atom. The van der Waals surface area contributed by atoms with Crippen LogP contribution in [0.5, 0.6) is 0 Å². The molecule has 1 N–H and O–H groups in total. The quantitative estimate of drug-likeness (QED) is 0.621. The number of hydrogen-bond donors (Lipinski definition) is 1. The molecule has 0 saturated carbocycles. The van der Waals surface area contributed by atoms with Gasteiger partial charge in [0.15, 0.2) is 5.65 Å². The summed E-state index contributed by atoms with van der Waals surface area (Å²) in [5.74, 6) is 0.775. The lowest BCUT2D eigenvalue weighted by molar-refractivity contribution is 0.773. The van der Waals surface area contributed by atoms with Gasteiger partial charge < -0.3 is 5.32 Å². The van der Waals surface area contributed by atoms with Crippen molar-refractivity contribution in [2.45, 2.75) is 13.3 Å². The predicted octanol–water partition coefficient (Wildman–Crippen LogP) is 3.40. The molecule has 4 aromatic rings. The highest BCUT2D eigenvalue weighted by Crippen LogP contribution is 2.25. The molecule has 0 radical (unpaired) electrons. The first-order chi connectivity index (χ1) is 12.2. The summed E-state index contributed by atoms with van der Waals surface area (Å²) in [6, 6.07) is 12.4. The minimum Gasteiger partial charge on any atom is -0.340 e. The van der Waals surface area contributed by atoms with Gasteiger partial charge in [0.2, 0.25) is 0 Å². The molecule has 0 atom stereocenters. The molecule has 4 rings (SSSR count). The third-order valence-corrected chi connectivity index (χ3v) is 4.17. The summed E-state index contributed by atoms with van der Waals surface area (Å²) in [7, 11) is 1.89. The third kappa shape index (κ3) is 3.06. The summed E-state index contributed by atoms with van der Waals surface area (Å²) >= 11 is 0. The molecule has 0 unspecified atom stereocenters. The highest BCUT2D eigenvalue weighted by atomic mass is 15.3. The summed E-state index contributed by atoms with van der Waals surface area (Å²) < 4.78 is 1.77. The van der Waals surface area contributed by atoms with Crippen LogP contribution in [0.15, 0.2) is 55.1 Å². The smallest absolute Gasteiger partial charge is 0.163 e. The first-order valence-electron chi connectivity index (χ1n) is 8.10. The van der Waals surface area contributed by atoms with E-state index in [0.717, 1.165) is 34.7 Å². The Bertz CT molecular complexity index is 1010. The summed E-state index contributed by atoms with van der Waals surface area (Å²) in [4.78, 5) is 12.7. The van der Waals surface area contributed by atoms with E-state index in [-0.39, 0.29) is 0 Å². The molecule has 6 heteroatoms. The number of nitrogens with zero attached hydrogens (tertiary/aromatic N) is 5. The molecule has 0 aliphatic carbocycles. The van der Waals surface area contributed by atoms with Crippen molar-refractivity contribution < 1.29 is 0 Å². The number of anilines is 2. The molecular weight excluding hydrogens is 312 g/mol. The Balaban J connectivity index is 1.58. The van der Waals surface area contributed by atoms with Gasteiger partial charge in [0, 0.05) is 25.1 Å². The Morgan fingerprint density at radius 1 is 0.960 bits per heavy atom. The molecule has 0 bridgehead atoms. The van der Waals surface area contributed by atoms with E-state index in [1.54, 1.807) is 11.0 Å². The summed E-state index contributed by atoms with van der Waals surface area (Å²) in [5.41, 5.74) is 5.22. The van der Waals surface area contributed by atoms with Crippen molar-refractivity contribution >= 4 is 22.5 Å². The van der Waals surface area contributed by atoms with Crippen LogP contribution in [0.1, 0.15) is 16.8 Å². The molecule has 3 aromatic heterocycles. The van der Waals surface area contributed by atoms with Gasteiger partial charge in [0.1, 0.15) is 12.1 Å². The van der Waals surface area contributed by atoms with Crippen LogP contribution in [-0.2, 0) is 13.5 Å². The van der Waals surface area contributed by atoms with E-state index in [2.05, 4.69) is 49.6 Å². The van der Waals surface area contributed by atoms with E-state index in [4.69, 9.17) is 0 Å². The van der Waals surface area contributed by atoms with Gasteiger partial charge in [-0.05, 0) is 48.7 Å². The van der Waals surface area contributed by atoms with E-state index in [1.807, 2.05) is 38.5 Å². The van der Waals surface area contributed by atoms with E-state index >= 15 is 0 Å². The second-order valence-corrected chi connectivity index (χ2v) is 5.98. The van der Waals surface area contributed by atoms with Gasteiger partial charge in [-0.3, -0.25) is 9.67 Å². The summed E-state index contributed by atoms with van der Waals surface area (Å²) in [6.07, 6.45) is 6.09. The fraction of sp³-hybridized carbons (Fsp3) is 0.158. The van der Waals surface area contributed by atoms with Crippen molar-refractivity contribution in [2.75, 3.05) is 5.32 Å². The normalized spacial score (nSPS) is 11.0. The number of aromatic nitrogens is 5. The average molecular weight is 330 g/mol. The first kappa shape index (κ1) is 15.3. The number of nitrogens with one attached hydrogen (secondary N) is 1. The topological polar surface area (TPSA) is 68.5 Å². The molecule has 124 valence electrons. The van der Waals surface area contributed by atoms with Gasteiger partial charge in [-0.25, -0.2) is 9.97 Å². The van der Waals surface area contributed by atoms with Crippen LogP contribution in [0.25, 0.3) is 11.0 Å². The van der Waals surface area contributed by atoms with E-state index in [1.165, 1.54) is 11.1 Å². The zero-order valence-electron chi connectivity index (χ0n) is 14.1. The maximum atomic E-state index is 4.42. The van der Waals surface area contributed by atoms with Crippen LogP contribution in [0.3, 0.4) is 0 Å². The van der Waals surface area contributed by atoms with E-state index < -0.39 is 0 Å². The molecule has 25 heavy (non-hydrogen) atoms. The van der Waals surface area contributed by atoms with Crippen LogP contribution in [-0.4, -0.2) is 24.7 Å². The van der Waals surface area contributed by atoms with Gasteiger partial charge >= 0.3 is 0 Å². The minimum absolute atomic E-state index is 0.775. The highest BCUT2D eigenvalue weighted by Gasteiger charge is 2.12. The molecular formula is C19H18N6. The lowest BCUT2D eigenvalue weighted by Gasteiger charge is -2.08. The molecule has 0 aliphatic heterocycles. The Morgan fingerprint density at radius 3 is 2.44 bits per heavy atom. The maximum absolute atomic E-state index is 4.42. The van der Waals surface area contributed by atoms with Crippen LogP contribution >= 0.6 is 0 Å². The Hall–Kier alpha value is -3.28. The van der Waals surface area contributed by atoms with Crippen molar-refractivity contribution in [1.29, 1.82) is 0 Å². The van der Waals surface area contributed by atoms with Gasteiger partial charge in [0.05, 0.1) is 11.1 Å². The zero-order chi connectivity index (χ0) is 17.2. The Kier molecular flexibility index (Phi) is 3.85. The van der Waals surface area contributed by atoms with Gasteiger partial charge in [-0.2, -0.15) is 5.10 Å². The third-order valence-electron chi connectivity index (χ3n) is 4.17. The molecule has 0 amide bonds. The number of benzene rings is 1. The van der Waals surface area contributed by atoms with Crippen molar-refractivity contribution in [2.24, 2.45) is 7.05 Å². The average Bonchev–Trinajstić information content (AvgIpc) is 2.93. The van der Waals surface area contributed by atoms with Crippen LogP contribution < -0.4 is 5.32 Å². The molecule has 0 saturated heterocycles. The lowest BCUT2D eigenvalue weighted by atomic mass is 10.1. The SMILES string of the molecule is Cc1nn(C)c2ncnc(Nc3ccc(Cc4ccncc4)cc3)c12. The van der Waals surface area contributed by atoms with Crippen LogP contribution in [0.2, 0.25) is 0 Å².